The number of β-amino-alcohol motifs (C(OH)–C–C–N with tert-alkyl or cyclic N) is 1. The highest BCUT2D eigenvalue weighted by Crippen LogP contribution is 2.28. The summed E-state index contributed by atoms with van der Waals surface area (Å²) in [5.41, 5.74) is 1.02. The van der Waals surface area contributed by atoms with Crippen molar-refractivity contribution in [1.82, 2.24) is 24.9 Å². The molecule has 0 bridgehead atoms. The highest BCUT2D eigenvalue weighted by atomic mass is 16.5. The van der Waals surface area contributed by atoms with E-state index in [9.17, 15) is 9.90 Å². The van der Waals surface area contributed by atoms with Crippen molar-refractivity contribution in [3.8, 4) is 5.75 Å². The molecular weight excluding hydrogens is 372 g/mol. The summed E-state index contributed by atoms with van der Waals surface area (Å²) < 4.78 is 7.59. The zero-order valence-corrected chi connectivity index (χ0v) is 15.9. The van der Waals surface area contributed by atoms with Crippen molar-refractivity contribution in [2.45, 2.75) is 25.2 Å². The van der Waals surface area contributed by atoms with E-state index in [1.54, 1.807) is 35.4 Å². The molecule has 3 heterocycles. The van der Waals surface area contributed by atoms with Crippen LogP contribution in [0, 0.1) is 0 Å². The van der Waals surface area contributed by atoms with Crippen molar-refractivity contribution in [2.24, 2.45) is 0 Å². The van der Waals surface area contributed by atoms with E-state index in [-0.39, 0.29) is 24.7 Å². The van der Waals surface area contributed by atoms with Crippen molar-refractivity contribution in [3.63, 3.8) is 0 Å². The lowest BCUT2D eigenvalue weighted by molar-refractivity contribution is 0.139. The maximum Gasteiger partial charge on any atom is 0.323 e. The highest BCUT2D eigenvalue weighted by molar-refractivity contribution is 5.90. The van der Waals surface area contributed by atoms with Crippen molar-refractivity contribution in [3.05, 3.63) is 66.6 Å². The lowest BCUT2D eigenvalue weighted by Crippen LogP contribution is -2.34. The van der Waals surface area contributed by atoms with Gasteiger partial charge >= 0.3 is 6.03 Å². The number of benzene rings is 1. The van der Waals surface area contributed by atoms with Crippen LogP contribution in [0.1, 0.15) is 24.6 Å². The molecule has 1 aliphatic rings. The minimum absolute atomic E-state index is 0.194. The number of nitrogens with zero attached hydrogens (tertiary/aromatic N) is 5. The maximum atomic E-state index is 12.7. The Labute approximate surface area is 167 Å². The van der Waals surface area contributed by atoms with Gasteiger partial charge in [0.2, 0.25) is 0 Å². The van der Waals surface area contributed by atoms with Gasteiger partial charge in [0.15, 0.2) is 11.6 Å². The molecule has 29 heavy (non-hydrogen) atoms. The number of rotatable bonds is 5. The van der Waals surface area contributed by atoms with Gasteiger partial charge in [0, 0.05) is 18.9 Å². The summed E-state index contributed by atoms with van der Waals surface area (Å²) in [5, 5.41) is 20.8. The topological polar surface area (TPSA) is 105 Å². The van der Waals surface area contributed by atoms with Crippen LogP contribution in [0.3, 0.4) is 0 Å². The number of carbonyl (C=O) groups is 1. The molecule has 1 aromatic carbocycles. The fourth-order valence-corrected chi connectivity index (χ4v) is 3.33. The van der Waals surface area contributed by atoms with Crippen LogP contribution in [0.15, 0.2) is 61.1 Å². The number of urea groups is 1. The number of aromatic nitrogens is 4. The van der Waals surface area contributed by atoms with Gasteiger partial charge in [-0.3, -0.25) is 5.32 Å². The van der Waals surface area contributed by atoms with Gasteiger partial charge in [-0.15, -0.1) is 5.10 Å². The molecule has 150 valence electrons. The van der Waals surface area contributed by atoms with Crippen LogP contribution in [0.25, 0.3) is 0 Å². The summed E-state index contributed by atoms with van der Waals surface area (Å²) in [6.45, 7) is 2.45. The molecule has 3 aromatic rings. The van der Waals surface area contributed by atoms with E-state index in [1.165, 1.54) is 4.90 Å². The van der Waals surface area contributed by atoms with Crippen LogP contribution in [0.5, 0.6) is 5.75 Å². The smallest absolute Gasteiger partial charge is 0.323 e. The lowest BCUT2D eigenvalue weighted by atomic mass is 10.1. The zero-order valence-electron chi connectivity index (χ0n) is 15.9. The molecule has 9 heteroatoms. The van der Waals surface area contributed by atoms with E-state index in [2.05, 4.69) is 20.6 Å². The Morgan fingerprint density at radius 3 is 2.79 bits per heavy atom. The Hall–Kier alpha value is -3.46. The quantitative estimate of drug-likeness (QED) is 0.688. The maximum absolute atomic E-state index is 12.7. The number of aliphatic hydroxyl groups is 1. The number of hydrogen-bond acceptors (Lipinski definition) is 6. The van der Waals surface area contributed by atoms with Crippen LogP contribution >= 0.6 is 0 Å². The minimum atomic E-state index is -0.722. The van der Waals surface area contributed by atoms with E-state index in [0.717, 1.165) is 5.56 Å². The first kappa shape index (κ1) is 18.9. The van der Waals surface area contributed by atoms with Crippen LogP contribution in [-0.4, -0.2) is 55.2 Å². The number of likely N-dealkylation sites (tertiary alicyclic amines) is 1. The summed E-state index contributed by atoms with van der Waals surface area (Å²) >= 11 is 0. The van der Waals surface area contributed by atoms with Crippen LogP contribution in [-0.2, 0) is 0 Å². The Morgan fingerprint density at radius 1 is 1.21 bits per heavy atom. The van der Waals surface area contributed by atoms with Gasteiger partial charge in [0.1, 0.15) is 6.10 Å². The Balaban J connectivity index is 1.44. The number of aliphatic hydroxyl groups excluding tert-OH is 1. The third-order valence-corrected chi connectivity index (χ3v) is 4.90. The van der Waals surface area contributed by atoms with E-state index in [4.69, 9.17) is 4.74 Å². The van der Waals surface area contributed by atoms with Gasteiger partial charge in [-0.05, 0) is 24.6 Å². The average molecular weight is 394 g/mol. The molecule has 0 radical (unpaired) electrons. The normalized spacial score (nSPS) is 19.7. The SMILES string of the molecule is CC(Oc1cccnc1NC(=O)N1C[C@@H](O)[C@H](n2ccnn2)C1)c1ccccc1. The van der Waals surface area contributed by atoms with Crippen molar-refractivity contribution in [2.75, 3.05) is 18.4 Å². The molecule has 2 amide bonds. The Morgan fingerprint density at radius 2 is 2.03 bits per heavy atom. The standard InChI is InChI=1S/C20H22N6O3/c1-14(15-6-3-2-4-7-15)29-18-8-5-9-21-19(18)23-20(28)25-12-16(17(27)13-25)26-11-10-22-24-26/h2-11,14,16-17,27H,12-13H2,1H3,(H,21,23,28)/t14?,16-,17-/m1/s1. The number of ether oxygens (including phenoxy) is 1. The molecule has 0 saturated carbocycles. The molecule has 3 atom stereocenters. The number of anilines is 1. The van der Waals surface area contributed by atoms with Crippen LogP contribution < -0.4 is 10.1 Å². The summed E-state index contributed by atoms with van der Waals surface area (Å²) in [5.74, 6) is 0.809. The summed E-state index contributed by atoms with van der Waals surface area (Å²) in [7, 11) is 0. The molecule has 4 rings (SSSR count). The summed E-state index contributed by atoms with van der Waals surface area (Å²) in [6.07, 6.45) is 3.87. The fraction of sp³-hybridized carbons (Fsp3) is 0.300. The third-order valence-electron chi connectivity index (χ3n) is 4.90. The number of amides is 2. The molecule has 1 saturated heterocycles. The van der Waals surface area contributed by atoms with Crippen LogP contribution in [0.4, 0.5) is 10.6 Å². The number of nitrogens with one attached hydrogen (secondary N) is 1. The zero-order chi connectivity index (χ0) is 20.2. The molecule has 2 N–H and O–H groups in total. The van der Waals surface area contributed by atoms with Crippen molar-refractivity contribution < 1.29 is 14.6 Å². The number of hydrogen-bond donors (Lipinski definition) is 2. The third kappa shape index (κ3) is 4.19. The molecule has 0 spiro atoms. The van der Waals surface area contributed by atoms with Gasteiger partial charge in [-0.1, -0.05) is 35.5 Å². The van der Waals surface area contributed by atoms with Gasteiger partial charge in [-0.2, -0.15) is 0 Å². The van der Waals surface area contributed by atoms with Gasteiger partial charge < -0.3 is 14.7 Å². The molecular formula is C20H22N6O3. The minimum Gasteiger partial charge on any atom is -0.482 e. The first-order chi connectivity index (χ1) is 14.1. The fourth-order valence-electron chi connectivity index (χ4n) is 3.33. The molecule has 2 aromatic heterocycles. The van der Waals surface area contributed by atoms with Crippen molar-refractivity contribution >= 4 is 11.8 Å². The van der Waals surface area contributed by atoms with E-state index < -0.39 is 6.10 Å². The van der Waals surface area contributed by atoms with Crippen LogP contribution in [0.2, 0.25) is 0 Å². The molecule has 1 fully saturated rings. The first-order valence-electron chi connectivity index (χ1n) is 9.38. The predicted octanol–water partition coefficient (Wildman–Crippen LogP) is 2.26. The predicted molar refractivity (Wildman–Crippen MR) is 105 cm³/mol. The highest BCUT2D eigenvalue weighted by Gasteiger charge is 2.36. The van der Waals surface area contributed by atoms with Crippen molar-refractivity contribution in [1.29, 1.82) is 0 Å². The first-order valence-corrected chi connectivity index (χ1v) is 9.38. The molecule has 1 unspecified atom stereocenters. The summed E-state index contributed by atoms with van der Waals surface area (Å²) in [4.78, 5) is 18.5. The number of carbonyl (C=O) groups excluding carboxylic acids is 1. The number of pyridine rings is 1. The van der Waals surface area contributed by atoms with Gasteiger partial charge in [0.25, 0.3) is 0 Å². The average Bonchev–Trinajstić information content (AvgIpc) is 3.39. The molecule has 9 nitrogen and oxygen atoms in total. The second-order valence-corrected chi connectivity index (χ2v) is 6.87. The van der Waals surface area contributed by atoms with E-state index in [1.807, 2.05) is 37.3 Å². The lowest BCUT2D eigenvalue weighted by Gasteiger charge is -2.20. The summed E-state index contributed by atoms with van der Waals surface area (Å²) in [6, 6.07) is 12.6. The molecule has 1 aliphatic heterocycles. The second-order valence-electron chi connectivity index (χ2n) is 6.87. The monoisotopic (exact) mass is 394 g/mol. The van der Waals surface area contributed by atoms with Gasteiger partial charge in [-0.25, -0.2) is 14.5 Å². The largest absolute Gasteiger partial charge is 0.482 e. The Kier molecular flexibility index (Phi) is 5.39. The van der Waals surface area contributed by atoms with E-state index >= 15 is 0 Å². The second kappa shape index (κ2) is 8.27. The van der Waals surface area contributed by atoms with Gasteiger partial charge in [0.05, 0.1) is 24.9 Å². The molecule has 0 aliphatic carbocycles. The Bertz CT molecular complexity index is 950. The van der Waals surface area contributed by atoms with E-state index in [0.29, 0.717) is 18.1 Å².